The molecule has 0 aromatic carbocycles. The lowest BCUT2D eigenvalue weighted by atomic mass is 9.81. The summed E-state index contributed by atoms with van der Waals surface area (Å²) in [4.78, 5) is 0. The van der Waals surface area contributed by atoms with Crippen LogP contribution in [0.15, 0.2) is 0 Å². The zero-order valence-electron chi connectivity index (χ0n) is 9.90. The van der Waals surface area contributed by atoms with Crippen molar-refractivity contribution >= 4 is 9.84 Å². The molecule has 0 spiro atoms. The van der Waals surface area contributed by atoms with E-state index in [0.717, 1.165) is 12.8 Å². The van der Waals surface area contributed by atoms with Crippen molar-refractivity contribution in [2.24, 2.45) is 17.6 Å². The average molecular weight is 245 g/mol. The average Bonchev–Trinajstić information content (AvgIpc) is 2.59. The number of sulfone groups is 1. The van der Waals surface area contributed by atoms with E-state index in [1.54, 1.807) is 0 Å². The summed E-state index contributed by atoms with van der Waals surface area (Å²) < 4.78 is 22.7. The Labute approximate surface area is 98.7 Å². The van der Waals surface area contributed by atoms with Gasteiger partial charge in [-0.3, -0.25) is 0 Å². The molecule has 0 bridgehead atoms. The van der Waals surface area contributed by atoms with Crippen LogP contribution in [0.1, 0.15) is 44.9 Å². The summed E-state index contributed by atoms with van der Waals surface area (Å²) in [5.74, 6) is 1.75. The molecule has 2 N–H and O–H groups in total. The van der Waals surface area contributed by atoms with Gasteiger partial charge in [0.1, 0.15) is 0 Å². The molecule has 0 aromatic heterocycles. The minimum Gasteiger partial charge on any atom is -0.327 e. The van der Waals surface area contributed by atoms with E-state index in [-0.39, 0.29) is 6.04 Å². The first-order valence-electron chi connectivity index (χ1n) is 6.53. The van der Waals surface area contributed by atoms with Crippen LogP contribution in [0.25, 0.3) is 0 Å². The standard InChI is InChI=1S/C12H23NO2S/c13-12(11-4-2-1-3-5-11)8-10-6-7-16(14,15)9-10/h10-12H,1-9,13H2. The quantitative estimate of drug-likeness (QED) is 0.823. The van der Waals surface area contributed by atoms with E-state index in [2.05, 4.69) is 0 Å². The lowest BCUT2D eigenvalue weighted by Gasteiger charge is -2.28. The molecule has 0 radical (unpaired) electrons. The van der Waals surface area contributed by atoms with Gasteiger partial charge in [0.05, 0.1) is 11.5 Å². The molecule has 94 valence electrons. The summed E-state index contributed by atoms with van der Waals surface area (Å²) in [6.45, 7) is 0. The highest BCUT2D eigenvalue weighted by molar-refractivity contribution is 7.91. The van der Waals surface area contributed by atoms with Gasteiger partial charge in [0, 0.05) is 6.04 Å². The minimum atomic E-state index is -2.73. The predicted molar refractivity (Wildman–Crippen MR) is 65.9 cm³/mol. The van der Waals surface area contributed by atoms with Crippen LogP contribution in [0.4, 0.5) is 0 Å². The molecule has 1 aliphatic carbocycles. The molecule has 1 heterocycles. The fraction of sp³-hybridized carbons (Fsp3) is 1.00. The third-order valence-electron chi connectivity index (χ3n) is 4.19. The van der Waals surface area contributed by atoms with E-state index in [9.17, 15) is 8.42 Å². The van der Waals surface area contributed by atoms with Crippen molar-refractivity contribution in [3.05, 3.63) is 0 Å². The molecule has 2 unspecified atom stereocenters. The second-order valence-electron chi connectivity index (χ2n) is 5.57. The summed E-state index contributed by atoms with van der Waals surface area (Å²) in [5.41, 5.74) is 6.22. The van der Waals surface area contributed by atoms with Crippen LogP contribution < -0.4 is 5.73 Å². The van der Waals surface area contributed by atoms with Crippen molar-refractivity contribution in [2.45, 2.75) is 51.0 Å². The van der Waals surface area contributed by atoms with Gasteiger partial charge in [0.25, 0.3) is 0 Å². The Kier molecular flexibility index (Phi) is 3.90. The molecule has 16 heavy (non-hydrogen) atoms. The van der Waals surface area contributed by atoms with Gasteiger partial charge in [-0.1, -0.05) is 19.3 Å². The van der Waals surface area contributed by atoms with Gasteiger partial charge in [0.2, 0.25) is 0 Å². The Balaban J connectivity index is 1.80. The summed E-state index contributed by atoms with van der Waals surface area (Å²) in [6, 6.07) is 0.235. The first-order chi connectivity index (χ1) is 7.57. The van der Waals surface area contributed by atoms with E-state index in [1.807, 2.05) is 0 Å². The molecule has 2 rings (SSSR count). The molecule has 1 saturated heterocycles. The molecule has 0 aromatic rings. The van der Waals surface area contributed by atoms with Crippen molar-refractivity contribution in [1.29, 1.82) is 0 Å². The third-order valence-corrected chi connectivity index (χ3v) is 6.02. The molecule has 2 fully saturated rings. The van der Waals surface area contributed by atoms with E-state index in [1.165, 1.54) is 32.1 Å². The Morgan fingerprint density at radius 2 is 1.81 bits per heavy atom. The number of rotatable bonds is 3. The lowest BCUT2D eigenvalue weighted by molar-refractivity contribution is 0.275. The van der Waals surface area contributed by atoms with E-state index in [4.69, 9.17) is 5.73 Å². The van der Waals surface area contributed by atoms with Gasteiger partial charge in [-0.25, -0.2) is 8.42 Å². The van der Waals surface area contributed by atoms with E-state index in [0.29, 0.717) is 23.3 Å². The number of nitrogens with two attached hydrogens (primary N) is 1. The fourth-order valence-electron chi connectivity index (χ4n) is 3.20. The van der Waals surface area contributed by atoms with Crippen molar-refractivity contribution in [2.75, 3.05) is 11.5 Å². The fourth-order valence-corrected chi connectivity index (χ4v) is 5.08. The zero-order chi connectivity index (χ0) is 11.6. The molecular weight excluding hydrogens is 222 g/mol. The smallest absolute Gasteiger partial charge is 0.150 e. The minimum absolute atomic E-state index is 0.235. The van der Waals surface area contributed by atoms with Crippen LogP contribution >= 0.6 is 0 Å². The van der Waals surface area contributed by atoms with Crippen LogP contribution in [0.2, 0.25) is 0 Å². The largest absolute Gasteiger partial charge is 0.327 e. The van der Waals surface area contributed by atoms with Crippen molar-refractivity contribution < 1.29 is 8.42 Å². The maximum Gasteiger partial charge on any atom is 0.150 e. The highest BCUT2D eigenvalue weighted by Crippen LogP contribution is 2.30. The number of hydrogen-bond donors (Lipinski definition) is 1. The molecule has 4 heteroatoms. The molecule has 0 amide bonds. The normalized spacial score (nSPS) is 32.7. The maximum absolute atomic E-state index is 11.4. The van der Waals surface area contributed by atoms with E-state index < -0.39 is 9.84 Å². The van der Waals surface area contributed by atoms with Crippen LogP contribution in [0, 0.1) is 11.8 Å². The van der Waals surface area contributed by atoms with Gasteiger partial charge in [-0.2, -0.15) is 0 Å². The number of hydrogen-bond acceptors (Lipinski definition) is 3. The summed E-state index contributed by atoms with van der Waals surface area (Å²) in [6.07, 6.45) is 8.22. The Bertz CT molecular complexity index is 320. The SMILES string of the molecule is NC(CC1CCS(=O)(=O)C1)C1CCCCC1. The van der Waals surface area contributed by atoms with Gasteiger partial charge in [-0.15, -0.1) is 0 Å². The van der Waals surface area contributed by atoms with Crippen molar-refractivity contribution in [3.8, 4) is 0 Å². The second-order valence-corrected chi connectivity index (χ2v) is 7.80. The van der Waals surface area contributed by atoms with Crippen LogP contribution in [0.3, 0.4) is 0 Å². The third kappa shape index (κ3) is 3.20. The first-order valence-corrected chi connectivity index (χ1v) is 8.35. The van der Waals surface area contributed by atoms with Gasteiger partial charge in [-0.05, 0) is 37.5 Å². The second kappa shape index (κ2) is 5.05. The van der Waals surface area contributed by atoms with Crippen molar-refractivity contribution in [1.82, 2.24) is 0 Å². The highest BCUT2D eigenvalue weighted by atomic mass is 32.2. The van der Waals surface area contributed by atoms with E-state index >= 15 is 0 Å². The highest BCUT2D eigenvalue weighted by Gasteiger charge is 2.31. The first kappa shape index (κ1) is 12.4. The summed E-state index contributed by atoms with van der Waals surface area (Å²) in [5, 5.41) is 0. The molecule has 2 atom stereocenters. The lowest BCUT2D eigenvalue weighted by Crippen LogP contribution is -2.33. The van der Waals surface area contributed by atoms with Crippen LogP contribution in [0.5, 0.6) is 0 Å². The monoisotopic (exact) mass is 245 g/mol. The van der Waals surface area contributed by atoms with Crippen LogP contribution in [-0.4, -0.2) is 26.0 Å². The summed E-state index contributed by atoms with van der Waals surface area (Å²) in [7, 11) is -2.73. The molecule has 3 nitrogen and oxygen atoms in total. The van der Waals surface area contributed by atoms with Gasteiger partial charge >= 0.3 is 0 Å². The van der Waals surface area contributed by atoms with Gasteiger partial charge < -0.3 is 5.73 Å². The Morgan fingerprint density at radius 1 is 1.12 bits per heavy atom. The zero-order valence-corrected chi connectivity index (χ0v) is 10.7. The van der Waals surface area contributed by atoms with Crippen molar-refractivity contribution in [3.63, 3.8) is 0 Å². The molecule has 1 saturated carbocycles. The topological polar surface area (TPSA) is 60.2 Å². The predicted octanol–water partition coefficient (Wildman–Crippen LogP) is 1.72. The summed E-state index contributed by atoms with van der Waals surface area (Å²) >= 11 is 0. The molecule has 2 aliphatic rings. The molecule has 1 aliphatic heterocycles. The Hall–Kier alpha value is -0.0900. The maximum atomic E-state index is 11.4. The van der Waals surface area contributed by atoms with Gasteiger partial charge in [0.15, 0.2) is 9.84 Å². The Morgan fingerprint density at radius 3 is 2.38 bits per heavy atom. The molecular formula is C12H23NO2S. The van der Waals surface area contributed by atoms with Crippen LogP contribution in [-0.2, 0) is 9.84 Å².